The van der Waals surface area contributed by atoms with Gasteiger partial charge in [-0.3, -0.25) is 4.90 Å². The Labute approximate surface area is 93.0 Å². The molecule has 0 aromatic heterocycles. The summed E-state index contributed by atoms with van der Waals surface area (Å²) in [6.45, 7) is 5.00. The van der Waals surface area contributed by atoms with Gasteiger partial charge in [-0.25, -0.2) is 0 Å². The smallest absolute Gasteiger partial charge is 0.0593 e. The van der Waals surface area contributed by atoms with Crippen molar-refractivity contribution in [2.24, 2.45) is 11.7 Å². The molecule has 3 nitrogen and oxygen atoms in total. The Bertz CT molecular complexity index is 186. The van der Waals surface area contributed by atoms with Gasteiger partial charge in [0, 0.05) is 12.6 Å². The SMILES string of the molecule is NCCCN1CCOCC2CCCCC21. The van der Waals surface area contributed by atoms with Crippen LogP contribution in [0.5, 0.6) is 0 Å². The largest absolute Gasteiger partial charge is 0.380 e. The third kappa shape index (κ3) is 2.92. The van der Waals surface area contributed by atoms with Crippen LogP contribution in [0.15, 0.2) is 0 Å². The predicted octanol–water partition coefficient (Wildman–Crippen LogP) is 1.23. The topological polar surface area (TPSA) is 38.5 Å². The monoisotopic (exact) mass is 212 g/mol. The van der Waals surface area contributed by atoms with Crippen molar-refractivity contribution in [1.29, 1.82) is 0 Å². The Morgan fingerprint density at radius 2 is 2.13 bits per heavy atom. The van der Waals surface area contributed by atoms with Crippen LogP contribution in [0.4, 0.5) is 0 Å². The number of hydrogen-bond donors (Lipinski definition) is 1. The Morgan fingerprint density at radius 3 is 3.00 bits per heavy atom. The molecule has 2 unspecified atom stereocenters. The van der Waals surface area contributed by atoms with Crippen molar-refractivity contribution in [2.45, 2.75) is 38.1 Å². The van der Waals surface area contributed by atoms with Crippen molar-refractivity contribution < 1.29 is 4.74 Å². The van der Waals surface area contributed by atoms with Crippen molar-refractivity contribution in [3.8, 4) is 0 Å². The predicted molar refractivity (Wildman–Crippen MR) is 61.8 cm³/mol. The molecule has 1 saturated carbocycles. The minimum atomic E-state index is 0.785. The molecule has 2 fully saturated rings. The first-order valence-corrected chi connectivity index (χ1v) is 6.43. The molecule has 1 saturated heterocycles. The van der Waals surface area contributed by atoms with Crippen LogP contribution in [0.2, 0.25) is 0 Å². The standard InChI is InChI=1S/C12H24N2O/c13-6-3-7-14-8-9-15-10-11-4-1-2-5-12(11)14/h11-12H,1-10,13H2. The van der Waals surface area contributed by atoms with Crippen LogP contribution in [0.25, 0.3) is 0 Å². The van der Waals surface area contributed by atoms with E-state index in [-0.39, 0.29) is 0 Å². The summed E-state index contributed by atoms with van der Waals surface area (Å²) in [5, 5.41) is 0. The first-order chi connectivity index (χ1) is 7.42. The Balaban J connectivity index is 1.93. The van der Waals surface area contributed by atoms with Gasteiger partial charge >= 0.3 is 0 Å². The molecule has 1 aliphatic carbocycles. The average molecular weight is 212 g/mol. The molecule has 15 heavy (non-hydrogen) atoms. The first-order valence-electron chi connectivity index (χ1n) is 6.43. The molecule has 1 heterocycles. The molecular formula is C12H24N2O. The molecule has 88 valence electrons. The van der Waals surface area contributed by atoms with Crippen LogP contribution < -0.4 is 5.73 Å². The number of nitrogens with zero attached hydrogens (tertiary/aromatic N) is 1. The number of nitrogens with two attached hydrogens (primary N) is 1. The van der Waals surface area contributed by atoms with Crippen LogP contribution in [-0.4, -0.2) is 43.8 Å². The molecular weight excluding hydrogens is 188 g/mol. The fourth-order valence-electron chi connectivity index (χ4n) is 3.02. The summed E-state index contributed by atoms with van der Waals surface area (Å²) in [5.74, 6) is 0.791. The molecule has 0 radical (unpaired) electrons. The minimum absolute atomic E-state index is 0.785. The highest BCUT2D eigenvalue weighted by Gasteiger charge is 2.31. The Hall–Kier alpha value is -0.120. The van der Waals surface area contributed by atoms with E-state index in [0.717, 1.165) is 44.7 Å². The lowest BCUT2D eigenvalue weighted by molar-refractivity contribution is 0.0939. The van der Waals surface area contributed by atoms with Crippen molar-refractivity contribution in [2.75, 3.05) is 32.8 Å². The maximum Gasteiger partial charge on any atom is 0.0593 e. The third-order valence-electron chi connectivity index (χ3n) is 3.84. The van der Waals surface area contributed by atoms with Gasteiger partial charge in [0.25, 0.3) is 0 Å². The lowest BCUT2D eigenvalue weighted by Gasteiger charge is -2.37. The molecule has 3 heteroatoms. The molecule has 0 spiro atoms. The summed E-state index contributed by atoms with van der Waals surface area (Å²) in [6.07, 6.45) is 6.67. The van der Waals surface area contributed by atoms with Crippen LogP contribution in [0.1, 0.15) is 32.1 Å². The molecule has 2 atom stereocenters. The van der Waals surface area contributed by atoms with Crippen molar-refractivity contribution in [1.82, 2.24) is 4.90 Å². The fourth-order valence-corrected chi connectivity index (χ4v) is 3.02. The quantitative estimate of drug-likeness (QED) is 0.764. The highest BCUT2D eigenvalue weighted by atomic mass is 16.5. The molecule has 2 N–H and O–H groups in total. The number of fused-ring (bicyclic) bond motifs is 1. The van der Waals surface area contributed by atoms with Crippen LogP contribution in [-0.2, 0) is 4.74 Å². The van der Waals surface area contributed by atoms with Gasteiger partial charge in [0.2, 0.25) is 0 Å². The van der Waals surface area contributed by atoms with E-state index in [9.17, 15) is 0 Å². The summed E-state index contributed by atoms with van der Waals surface area (Å²) in [6, 6.07) is 0.785. The van der Waals surface area contributed by atoms with Crippen molar-refractivity contribution in [3.63, 3.8) is 0 Å². The molecule has 0 bridgehead atoms. The van der Waals surface area contributed by atoms with E-state index in [2.05, 4.69) is 4.90 Å². The van der Waals surface area contributed by atoms with Crippen LogP contribution in [0, 0.1) is 5.92 Å². The Morgan fingerprint density at radius 1 is 1.27 bits per heavy atom. The van der Waals surface area contributed by atoms with E-state index in [4.69, 9.17) is 10.5 Å². The van der Waals surface area contributed by atoms with E-state index >= 15 is 0 Å². The van der Waals surface area contributed by atoms with Gasteiger partial charge in [-0.15, -0.1) is 0 Å². The van der Waals surface area contributed by atoms with Crippen LogP contribution >= 0.6 is 0 Å². The van der Waals surface area contributed by atoms with E-state index in [1.807, 2.05) is 0 Å². The van der Waals surface area contributed by atoms with Crippen molar-refractivity contribution >= 4 is 0 Å². The van der Waals surface area contributed by atoms with E-state index in [0.29, 0.717) is 0 Å². The normalized spacial score (nSPS) is 33.4. The highest BCUT2D eigenvalue weighted by Crippen LogP contribution is 2.30. The molecule has 2 rings (SSSR count). The first kappa shape index (κ1) is 11.4. The molecule has 0 aromatic rings. The molecule has 2 aliphatic rings. The summed E-state index contributed by atoms with van der Waals surface area (Å²) >= 11 is 0. The summed E-state index contributed by atoms with van der Waals surface area (Å²) in [5.41, 5.74) is 5.59. The summed E-state index contributed by atoms with van der Waals surface area (Å²) in [4.78, 5) is 2.63. The minimum Gasteiger partial charge on any atom is -0.380 e. The summed E-state index contributed by atoms with van der Waals surface area (Å²) < 4.78 is 5.70. The zero-order valence-electron chi connectivity index (χ0n) is 9.66. The summed E-state index contributed by atoms with van der Waals surface area (Å²) in [7, 11) is 0. The lowest BCUT2D eigenvalue weighted by atomic mass is 9.84. The van der Waals surface area contributed by atoms with E-state index in [1.54, 1.807) is 0 Å². The highest BCUT2D eigenvalue weighted by molar-refractivity contribution is 4.85. The van der Waals surface area contributed by atoms with Gasteiger partial charge in [-0.05, 0) is 38.3 Å². The fraction of sp³-hybridized carbons (Fsp3) is 1.00. The number of hydrogen-bond acceptors (Lipinski definition) is 3. The molecule has 1 aliphatic heterocycles. The molecule has 0 amide bonds. The number of ether oxygens (including phenoxy) is 1. The maximum absolute atomic E-state index is 5.70. The second-order valence-corrected chi connectivity index (χ2v) is 4.86. The second kappa shape index (κ2) is 5.83. The molecule has 0 aromatic carbocycles. The van der Waals surface area contributed by atoms with Crippen LogP contribution in [0.3, 0.4) is 0 Å². The average Bonchev–Trinajstić information content (AvgIpc) is 2.49. The zero-order valence-corrected chi connectivity index (χ0v) is 9.66. The number of rotatable bonds is 3. The van der Waals surface area contributed by atoms with Gasteiger partial charge in [0.15, 0.2) is 0 Å². The van der Waals surface area contributed by atoms with Gasteiger partial charge in [0.1, 0.15) is 0 Å². The van der Waals surface area contributed by atoms with Gasteiger partial charge < -0.3 is 10.5 Å². The zero-order chi connectivity index (χ0) is 10.5. The van der Waals surface area contributed by atoms with E-state index < -0.39 is 0 Å². The van der Waals surface area contributed by atoms with E-state index in [1.165, 1.54) is 32.2 Å². The van der Waals surface area contributed by atoms with Gasteiger partial charge in [0.05, 0.1) is 13.2 Å². The lowest BCUT2D eigenvalue weighted by Crippen LogP contribution is -2.43. The van der Waals surface area contributed by atoms with Gasteiger partial charge in [-0.1, -0.05) is 12.8 Å². The second-order valence-electron chi connectivity index (χ2n) is 4.86. The Kier molecular flexibility index (Phi) is 4.42. The maximum atomic E-state index is 5.70. The third-order valence-corrected chi connectivity index (χ3v) is 3.84. The van der Waals surface area contributed by atoms with Gasteiger partial charge in [-0.2, -0.15) is 0 Å². The van der Waals surface area contributed by atoms with Crippen molar-refractivity contribution in [3.05, 3.63) is 0 Å².